The molecule has 8 rings (SSSR count). The Kier molecular flexibility index (Phi) is 7.49. The average molecular weight is 643 g/mol. The van der Waals surface area contributed by atoms with Crippen LogP contribution in [0.3, 0.4) is 0 Å². The Hall–Kier alpha value is -5.01. The lowest BCUT2D eigenvalue weighted by atomic mass is 9.82. The van der Waals surface area contributed by atoms with Crippen LogP contribution in [-0.4, -0.2) is 33.7 Å². The van der Waals surface area contributed by atoms with Crippen molar-refractivity contribution in [2.24, 2.45) is 0 Å². The zero-order valence-corrected chi connectivity index (χ0v) is 26.9. The summed E-state index contributed by atoms with van der Waals surface area (Å²) in [7, 11) is 0. The number of aromatic amines is 2. The Bertz CT molecular complexity index is 2120. The van der Waals surface area contributed by atoms with Crippen LogP contribution in [0.2, 0.25) is 0 Å². The monoisotopic (exact) mass is 642 g/mol. The second-order valence-corrected chi connectivity index (χ2v) is 13.3. The van der Waals surface area contributed by atoms with Gasteiger partial charge in [0.1, 0.15) is 23.7 Å². The fourth-order valence-electron chi connectivity index (χ4n) is 7.24. The van der Waals surface area contributed by atoms with Crippen molar-refractivity contribution in [3.63, 3.8) is 0 Å². The van der Waals surface area contributed by atoms with Crippen molar-refractivity contribution in [3.8, 4) is 5.75 Å². The molecule has 0 fully saturated rings. The van der Waals surface area contributed by atoms with Gasteiger partial charge >= 0.3 is 0 Å². The van der Waals surface area contributed by atoms with Gasteiger partial charge in [0.25, 0.3) is 11.8 Å². The van der Waals surface area contributed by atoms with E-state index >= 15 is 0 Å². The minimum Gasteiger partial charge on any atom is -0.489 e. The highest BCUT2D eigenvalue weighted by Crippen LogP contribution is 2.48. The van der Waals surface area contributed by atoms with E-state index in [1.54, 1.807) is 0 Å². The topological polar surface area (TPSA) is 90.2 Å². The van der Waals surface area contributed by atoms with Gasteiger partial charge in [-0.15, -0.1) is 11.6 Å². The molecule has 6 aromatic rings. The normalized spacial score (nSPS) is 16.2. The maximum Gasteiger partial charge on any atom is 0.274 e. The van der Waals surface area contributed by atoms with Crippen molar-refractivity contribution in [1.29, 1.82) is 0 Å². The molecule has 0 bridgehead atoms. The molecular formula is C39H35ClN4O3. The maximum absolute atomic E-state index is 14.3. The van der Waals surface area contributed by atoms with Crippen molar-refractivity contribution in [1.82, 2.24) is 9.97 Å². The lowest BCUT2D eigenvalue weighted by Crippen LogP contribution is -2.31. The van der Waals surface area contributed by atoms with Gasteiger partial charge in [0.2, 0.25) is 0 Å². The summed E-state index contributed by atoms with van der Waals surface area (Å²) >= 11 is 6.83. The Morgan fingerprint density at radius 1 is 0.872 bits per heavy atom. The zero-order valence-electron chi connectivity index (χ0n) is 26.1. The SMILES string of the molecule is C[C@@H](Cl)[C@@H]1CN(C(=O)c2cc3cc(NC(=O)c4cc5ccccc5[nH]4)ccc3[nH]2)c2cc(OCc3ccccc3)c3c(c21)CCCC3. The molecule has 4 aromatic carbocycles. The molecular weight excluding hydrogens is 608 g/mol. The molecule has 3 N–H and O–H groups in total. The van der Waals surface area contributed by atoms with Crippen molar-refractivity contribution in [2.75, 3.05) is 16.8 Å². The van der Waals surface area contributed by atoms with Gasteiger partial charge in [-0.3, -0.25) is 9.59 Å². The number of hydrogen-bond acceptors (Lipinski definition) is 3. The smallest absolute Gasteiger partial charge is 0.274 e. The van der Waals surface area contributed by atoms with E-state index in [9.17, 15) is 9.59 Å². The molecule has 0 unspecified atom stereocenters. The number of nitrogens with zero attached hydrogens (tertiary/aromatic N) is 1. The maximum atomic E-state index is 14.3. The molecule has 3 heterocycles. The number of benzene rings is 4. The van der Waals surface area contributed by atoms with Crippen LogP contribution in [-0.2, 0) is 19.4 Å². The summed E-state index contributed by atoms with van der Waals surface area (Å²) in [5.74, 6) is 0.544. The van der Waals surface area contributed by atoms with Crippen LogP contribution in [0.4, 0.5) is 11.4 Å². The highest BCUT2D eigenvalue weighted by Gasteiger charge is 2.39. The van der Waals surface area contributed by atoms with Gasteiger partial charge < -0.3 is 24.9 Å². The third-order valence-corrected chi connectivity index (χ3v) is 9.90. The Balaban J connectivity index is 1.09. The number of hydrogen-bond donors (Lipinski definition) is 3. The molecule has 1 aliphatic carbocycles. The molecule has 0 spiro atoms. The zero-order chi connectivity index (χ0) is 32.1. The van der Waals surface area contributed by atoms with Crippen molar-refractivity contribution < 1.29 is 14.3 Å². The molecule has 8 heteroatoms. The molecule has 236 valence electrons. The summed E-state index contributed by atoms with van der Waals surface area (Å²) in [6, 6.07) is 29.3. The number of rotatable bonds is 7. The third-order valence-electron chi connectivity index (χ3n) is 9.60. The first-order chi connectivity index (χ1) is 22.9. The summed E-state index contributed by atoms with van der Waals surface area (Å²) < 4.78 is 6.47. The molecule has 7 nitrogen and oxygen atoms in total. The number of halogens is 1. The van der Waals surface area contributed by atoms with Crippen LogP contribution in [0.15, 0.2) is 91.0 Å². The summed E-state index contributed by atoms with van der Waals surface area (Å²) in [5.41, 5.74) is 9.09. The lowest BCUT2D eigenvalue weighted by molar-refractivity contribution is 0.0982. The molecule has 2 atom stereocenters. The van der Waals surface area contributed by atoms with Gasteiger partial charge in [-0.05, 0) is 91.3 Å². The largest absolute Gasteiger partial charge is 0.489 e. The standard InChI is InChI=1S/C39H35ClN4O3/c1-23(40)30-21-44(35-20-36(47-22-24-9-3-2-4-10-24)28-12-6-7-13-29(28)37(30)35)39(46)34-19-26-17-27(15-16-32(26)43-34)41-38(45)33-18-25-11-5-8-14-31(25)42-33/h2-5,8-11,14-20,23,30,42-43H,6-7,12-13,21-22H2,1H3,(H,41,45)/t23-,30+/m1/s1. The Labute approximate surface area is 277 Å². The fourth-order valence-corrected chi connectivity index (χ4v) is 7.44. The van der Waals surface area contributed by atoms with E-state index in [1.807, 2.05) is 84.6 Å². The molecule has 2 aliphatic rings. The number of para-hydroxylation sites is 1. The molecule has 2 aromatic heterocycles. The van der Waals surface area contributed by atoms with Gasteiger partial charge in [0.05, 0.1) is 5.69 Å². The molecule has 2 amide bonds. The van der Waals surface area contributed by atoms with Gasteiger partial charge in [0.15, 0.2) is 0 Å². The number of nitrogens with one attached hydrogen (secondary N) is 3. The number of amides is 2. The third kappa shape index (κ3) is 5.44. The number of H-pyrrole nitrogens is 2. The molecule has 47 heavy (non-hydrogen) atoms. The molecule has 0 saturated heterocycles. The summed E-state index contributed by atoms with van der Waals surface area (Å²) in [6.45, 7) is 3.00. The van der Waals surface area contributed by atoms with Crippen molar-refractivity contribution in [3.05, 3.63) is 125 Å². The number of anilines is 2. The summed E-state index contributed by atoms with van der Waals surface area (Å²) in [4.78, 5) is 35.7. The first-order valence-electron chi connectivity index (χ1n) is 16.3. The number of alkyl halides is 1. The van der Waals surface area contributed by atoms with Gasteiger partial charge in [-0.1, -0.05) is 48.5 Å². The van der Waals surface area contributed by atoms with Crippen LogP contribution in [0.5, 0.6) is 5.75 Å². The van der Waals surface area contributed by atoms with E-state index in [2.05, 4.69) is 33.5 Å². The highest BCUT2D eigenvalue weighted by atomic mass is 35.5. The van der Waals surface area contributed by atoms with E-state index in [-0.39, 0.29) is 23.1 Å². The minimum atomic E-state index is -0.226. The van der Waals surface area contributed by atoms with Crippen LogP contribution in [0, 0.1) is 0 Å². The van der Waals surface area contributed by atoms with E-state index in [4.69, 9.17) is 16.3 Å². The number of aromatic nitrogens is 2. The Morgan fingerprint density at radius 3 is 2.40 bits per heavy atom. The number of carbonyl (C=O) groups excluding carboxylic acids is 2. The predicted molar refractivity (Wildman–Crippen MR) is 188 cm³/mol. The molecule has 0 radical (unpaired) electrons. The second-order valence-electron chi connectivity index (χ2n) is 12.7. The van der Waals surface area contributed by atoms with Crippen molar-refractivity contribution in [2.45, 2.75) is 50.5 Å². The van der Waals surface area contributed by atoms with Crippen molar-refractivity contribution >= 4 is 56.6 Å². The quantitative estimate of drug-likeness (QED) is 0.152. The highest BCUT2D eigenvalue weighted by molar-refractivity contribution is 6.21. The second kappa shape index (κ2) is 12.0. The summed E-state index contributed by atoms with van der Waals surface area (Å²) in [5, 5.41) is 4.66. The van der Waals surface area contributed by atoms with Gasteiger partial charge in [-0.25, -0.2) is 0 Å². The predicted octanol–water partition coefficient (Wildman–Crippen LogP) is 8.73. The molecule has 0 saturated carbocycles. The number of fused-ring (bicyclic) bond motifs is 5. The van der Waals surface area contributed by atoms with E-state index in [1.165, 1.54) is 16.7 Å². The lowest BCUT2D eigenvalue weighted by Gasteiger charge is -2.26. The van der Waals surface area contributed by atoms with Crippen LogP contribution < -0.4 is 15.0 Å². The summed E-state index contributed by atoms with van der Waals surface area (Å²) in [6.07, 6.45) is 4.16. The van der Waals surface area contributed by atoms with Gasteiger partial charge in [-0.2, -0.15) is 0 Å². The van der Waals surface area contributed by atoms with Crippen LogP contribution >= 0.6 is 11.6 Å². The van der Waals surface area contributed by atoms with Crippen LogP contribution in [0.1, 0.15) is 68.9 Å². The van der Waals surface area contributed by atoms with Gasteiger partial charge in [0, 0.05) is 51.4 Å². The molecule has 1 aliphatic heterocycles. The first kappa shape index (κ1) is 29.4. The van der Waals surface area contributed by atoms with E-state index in [0.717, 1.165) is 64.5 Å². The van der Waals surface area contributed by atoms with E-state index < -0.39 is 0 Å². The number of ether oxygens (including phenoxy) is 1. The first-order valence-corrected chi connectivity index (χ1v) is 16.7. The van der Waals surface area contributed by atoms with Crippen LogP contribution in [0.25, 0.3) is 21.8 Å². The Morgan fingerprint density at radius 2 is 1.60 bits per heavy atom. The number of carbonyl (C=O) groups is 2. The minimum absolute atomic E-state index is 0.0291. The van der Waals surface area contributed by atoms with E-state index in [0.29, 0.717) is 30.2 Å². The fraction of sp³-hybridized carbons (Fsp3) is 0.231. The average Bonchev–Trinajstić information content (AvgIpc) is 3.82.